The highest BCUT2D eigenvalue weighted by atomic mass is 16.5. The summed E-state index contributed by atoms with van der Waals surface area (Å²) in [7, 11) is 1.68. The zero-order valence-corrected chi connectivity index (χ0v) is 17.5. The number of aliphatic hydroxyl groups excluding tert-OH is 2. The number of nitrogens with one attached hydrogen (secondary N) is 1. The van der Waals surface area contributed by atoms with Gasteiger partial charge in [-0.3, -0.25) is 9.48 Å². The molecular weight excluding hydrogens is 404 g/mol. The molecule has 31 heavy (non-hydrogen) atoms. The normalized spacial score (nSPS) is 24.1. The van der Waals surface area contributed by atoms with Crippen molar-refractivity contribution < 1.29 is 19.7 Å². The SMILES string of the molecule is CC(C)c1cc(C(=O)N[C@@H]2CO[C@H](Cn3cnc4ncnc(N)c43)[C@@H](O)[C@H]2O)n(C)n1. The molecule has 3 aromatic rings. The molecule has 4 heterocycles. The van der Waals surface area contributed by atoms with Crippen LogP contribution in [0.3, 0.4) is 0 Å². The smallest absolute Gasteiger partial charge is 0.269 e. The molecule has 12 nitrogen and oxygen atoms in total. The van der Waals surface area contributed by atoms with E-state index in [1.165, 1.54) is 17.3 Å². The molecule has 4 rings (SSSR count). The van der Waals surface area contributed by atoms with Crippen molar-refractivity contribution >= 4 is 22.9 Å². The first-order valence-electron chi connectivity index (χ1n) is 10.00. The molecule has 3 aromatic heterocycles. The summed E-state index contributed by atoms with van der Waals surface area (Å²) < 4.78 is 8.94. The summed E-state index contributed by atoms with van der Waals surface area (Å²) in [5.41, 5.74) is 8.04. The van der Waals surface area contributed by atoms with Crippen molar-refractivity contribution in [3.63, 3.8) is 0 Å². The van der Waals surface area contributed by atoms with Gasteiger partial charge in [0.05, 0.1) is 31.2 Å². The Bertz CT molecular complexity index is 1090. The summed E-state index contributed by atoms with van der Waals surface area (Å²) >= 11 is 0. The molecule has 5 N–H and O–H groups in total. The van der Waals surface area contributed by atoms with Crippen LogP contribution in [0, 0.1) is 0 Å². The number of nitrogens with zero attached hydrogens (tertiary/aromatic N) is 6. The second kappa shape index (κ2) is 8.21. The van der Waals surface area contributed by atoms with Crippen LogP contribution in [0.15, 0.2) is 18.7 Å². The number of hydrogen-bond acceptors (Lipinski definition) is 9. The van der Waals surface area contributed by atoms with E-state index in [4.69, 9.17) is 10.5 Å². The number of rotatable bonds is 5. The Hall–Kier alpha value is -3.09. The van der Waals surface area contributed by atoms with Crippen LogP contribution in [0.1, 0.15) is 35.9 Å². The average molecular weight is 430 g/mol. The van der Waals surface area contributed by atoms with E-state index in [2.05, 4.69) is 25.4 Å². The number of anilines is 1. The van der Waals surface area contributed by atoms with E-state index in [1.54, 1.807) is 17.7 Å². The molecule has 1 amide bonds. The van der Waals surface area contributed by atoms with E-state index >= 15 is 0 Å². The molecule has 1 saturated heterocycles. The second-order valence-electron chi connectivity index (χ2n) is 7.99. The maximum atomic E-state index is 12.7. The summed E-state index contributed by atoms with van der Waals surface area (Å²) in [4.78, 5) is 24.9. The van der Waals surface area contributed by atoms with E-state index in [0.717, 1.165) is 5.69 Å². The highest BCUT2D eigenvalue weighted by Gasteiger charge is 2.39. The average Bonchev–Trinajstić information content (AvgIpc) is 3.32. The highest BCUT2D eigenvalue weighted by molar-refractivity contribution is 5.93. The lowest BCUT2D eigenvalue weighted by Gasteiger charge is -2.38. The third-order valence-corrected chi connectivity index (χ3v) is 5.49. The number of imidazole rings is 1. The number of aromatic nitrogens is 6. The molecule has 4 atom stereocenters. The van der Waals surface area contributed by atoms with E-state index in [-0.39, 0.29) is 24.9 Å². The maximum Gasteiger partial charge on any atom is 0.269 e. The number of aliphatic hydroxyl groups is 2. The van der Waals surface area contributed by atoms with E-state index in [0.29, 0.717) is 16.9 Å². The Morgan fingerprint density at radius 1 is 1.32 bits per heavy atom. The quantitative estimate of drug-likeness (QED) is 0.404. The predicted octanol–water partition coefficient (Wildman–Crippen LogP) is -0.815. The van der Waals surface area contributed by atoms with E-state index in [1.807, 2.05) is 13.8 Å². The van der Waals surface area contributed by atoms with Crippen molar-refractivity contribution in [3.8, 4) is 0 Å². The summed E-state index contributed by atoms with van der Waals surface area (Å²) in [5.74, 6) is 0.0405. The van der Waals surface area contributed by atoms with Crippen molar-refractivity contribution in [2.24, 2.45) is 7.05 Å². The summed E-state index contributed by atoms with van der Waals surface area (Å²) in [6, 6.07) is 0.940. The largest absolute Gasteiger partial charge is 0.388 e. The first kappa shape index (κ1) is 21.2. The predicted molar refractivity (Wildman–Crippen MR) is 110 cm³/mol. The molecule has 0 bridgehead atoms. The fourth-order valence-electron chi connectivity index (χ4n) is 3.66. The fraction of sp³-hybridized carbons (Fsp3) is 0.526. The zero-order valence-electron chi connectivity index (χ0n) is 17.5. The molecule has 166 valence electrons. The van der Waals surface area contributed by atoms with Gasteiger partial charge in [0.15, 0.2) is 11.5 Å². The number of ether oxygens (including phenoxy) is 1. The molecule has 0 unspecified atom stereocenters. The summed E-state index contributed by atoms with van der Waals surface area (Å²) in [6.45, 7) is 4.19. The lowest BCUT2D eigenvalue weighted by atomic mass is 9.97. The number of aryl methyl sites for hydroxylation is 1. The molecule has 0 radical (unpaired) electrons. The molecule has 1 aliphatic rings. The summed E-state index contributed by atoms with van der Waals surface area (Å²) in [5, 5.41) is 28.3. The van der Waals surface area contributed by atoms with Gasteiger partial charge in [-0.15, -0.1) is 0 Å². The van der Waals surface area contributed by atoms with Gasteiger partial charge < -0.3 is 30.6 Å². The van der Waals surface area contributed by atoms with Gasteiger partial charge >= 0.3 is 0 Å². The van der Waals surface area contributed by atoms with Gasteiger partial charge in [0.2, 0.25) is 0 Å². The standard InChI is InChI=1S/C19H26N8O4/c1-9(2)10-4-12(26(3)25-10)19(30)24-11-6-31-13(16(29)15(11)28)5-27-8-23-18-14(27)17(20)21-7-22-18/h4,7-9,11,13,15-16,28-29H,5-6H2,1-3H3,(H,24,30)(H2,20,21,22)/t11-,13-,15+,16-/m1/s1. The number of hydrogen-bond donors (Lipinski definition) is 4. The first-order chi connectivity index (χ1) is 14.8. The number of nitrogen functional groups attached to an aromatic ring is 1. The zero-order chi connectivity index (χ0) is 22.3. The van der Waals surface area contributed by atoms with Crippen LogP contribution < -0.4 is 11.1 Å². The Balaban J connectivity index is 1.44. The van der Waals surface area contributed by atoms with Gasteiger partial charge in [0, 0.05) is 7.05 Å². The third-order valence-electron chi connectivity index (χ3n) is 5.49. The Morgan fingerprint density at radius 3 is 2.81 bits per heavy atom. The number of carbonyl (C=O) groups excluding carboxylic acids is 1. The molecule has 0 spiro atoms. The third kappa shape index (κ3) is 3.96. The van der Waals surface area contributed by atoms with Gasteiger partial charge in [-0.1, -0.05) is 13.8 Å². The minimum atomic E-state index is -1.24. The fourth-order valence-corrected chi connectivity index (χ4v) is 3.66. The molecule has 0 aromatic carbocycles. The van der Waals surface area contributed by atoms with Crippen molar-refractivity contribution in [2.75, 3.05) is 12.3 Å². The van der Waals surface area contributed by atoms with Gasteiger partial charge in [-0.05, 0) is 12.0 Å². The lowest BCUT2D eigenvalue weighted by Crippen LogP contribution is -2.60. The number of fused-ring (bicyclic) bond motifs is 1. The molecule has 1 fully saturated rings. The van der Waals surface area contributed by atoms with Gasteiger partial charge in [-0.2, -0.15) is 5.10 Å². The first-order valence-corrected chi connectivity index (χ1v) is 10.00. The Morgan fingerprint density at radius 2 is 2.10 bits per heavy atom. The van der Waals surface area contributed by atoms with Crippen LogP contribution in [-0.2, 0) is 18.3 Å². The molecule has 0 aliphatic carbocycles. The van der Waals surface area contributed by atoms with Crippen molar-refractivity contribution in [1.82, 2.24) is 34.6 Å². The van der Waals surface area contributed by atoms with Crippen molar-refractivity contribution in [3.05, 3.63) is 30.1 Å². The topological polar surface area (TPSA) is 166 Å². The van der Waals surface area contributed by atoms with Crippen molar-refractivity contribution in [2.45, 2.75) is 50.7 Å². The lowest BCUT2D eigenvalue weighted by molar-refractivity contribution is -0.152. The number of nitrogens with two attached hydrogens (primary N) is 1. The highest BCUT2D eigenvalue weighted by Crippen LogP contribution is 2.22. The van der Waals surface area contributed by atoms with Crippen LogP contribution in [0.4, 0.5) is 5.82 Å². The summed E-state index contributed by atoms with van der Waals surface area (Å²) in [6.07, 6.45) is -0.334. The minimum Gasteiger partial charge on any atom is -0.388 e. The van der Waals surface area contributed by atoms with E-state index in [9.17, 15) is 15.0 Å². The van der Waals surface area contributed by atoms with Crippen LogP contribution >= 0.6 is 0 Å². The molecule has 0 saturated carbocycles. The van der Waals surface area contributed by atoms with Crippen LogP contribution in [0.2, 0.25) is 0 Å². The monoisotopic (exact) mass is 430 g/mol. The van der Waals surface area contributed by atoms with Crippen LogP contribution in [0.5, 0.6) is 0 Å². The van der Waals surface area contributed by atoms with Crippen LogP contribution in [-0.4, -0.2) is 76.4 Å². The van der Waals surface area contributed by atoms with Gasteiger partial charge in [0.25, 0.3) is 5.91 Å². The van der Waals surface area contributed by atoms with Crippen LogP contribution in [0.25, 0.3) is 11.2 Å². The van der Waals surface area contributed by atoms with Gasteiger partial charge in [0.1, 0.15) is 35.8 Å². The second-order valence-corrected chi connectivity index (χ2v) is 7.99. The minimum absolute atomic E-state index is 0.0299. The molecule has 12 heteroatoms. The molecular formula is C19H26N8O4. The molecule has 1 aliphatic heterocycles. The maximum absolute atomic E-state index is 12.7. The number of carbonyl (C=O) groups is 1. The van der Waals surface area contributed by atoms with Crippen molar-refractivity contribution in [1.29, 1.82) is 0 Å². The van der Waals surface area contributed by atoms with Gasteiger partial charge in [-0.25, -0.2) is 15.0 Å². The van der Waals surface area contributed by atoms with E-state index < -0.39 is 30.3 Å². The Labute approximate surface area is 178 Å². The Kier molecular flexibility index (Phi) is 5.60. The number of amides is 1.